The highest BCUT2D eigenvalue weighted by atomic mass is 32.1. The van der Waals surface area contributed by atoms with Gasteiger partial charge in [0.2, 0.25) is 0 Å². The average molecular weight is 305 g/mol. The molecule has 1 N–H and O–H groups in total. The van der Waals surface area contributed by atoms with Crippen molar-refractivity contribution in [2.45, 2.75) is 39.0 Å². The van der Waals surface area contributed by atoms with Crippen molar-refractivity contribution in [2.24, 2.45) is 0 Å². The Morgan fingerprint density at radius 1 is 1.45 bits per heavy atom. The minimum atomic E-state index is -4.39. The second kappa shape index (κ2) is 5.92. The molecule has 20 heavy (non-hydrogen) atoms. The molecule has 2 aromatic heterocycles. The van der Waals surface area contributed by atoms with Crippen molar-refractivity contribution < 1.29 is 17.7 Å². The zero-order valence-corrected chi connectivity index (χ0v) is 11.8. The van der Waals surface area contributed by atoms with Crippen molar-refractivity contribution in [3.8, 4) is 0 Å². The summed E-state index contributed by atoms with van der Waals surface area (Å²) in [5.74, 6) is 0.698. The lowest BCUT2D eigenvalue weighted by Crippen LogP contribution is -2.20. The maximum absolute atomic E-state index is 12.5. The summed E-state index contributed by atoms with van der Waals surface area (Å²) in [4.78, 5) is 3.66. The van der Waals surface area contributed by atoms with Crippen LogP contribution in [0.3, 0.4) is 0 Å². The molecule has 0 bridgehead atoms. The Morgan fingerprint density at radius 2 is 2.20 bits per heavy atom. The quantitative estimate of drug-likeness (QED) is 0.915. The van der Waals surface area contributed by atoms with E-state index in [4.69, 9.17) is 4.52 Å². The highest BCUT2D eigenvalue weighted by molar-refractivity contribution is 7.09. The monoisotopic (exact) mass is 305 g/mol. The van der Waals surface area contributed by atoms with Crippen LogP contribution in [0.5, 0.6) is 0 Å². The van der Waals surface area contributed by atoms with Gasteiger partial charge >= 0.3 is 6.18 Å². The fourth-order valence-electron chi connectivity index (χ4n) is 1.71. The van der Waals surface area contributed by atoms with Gasteiger partial charge in [0, 0.05) is 18.0 Å². The summed E-state index contributed by atoms with van der Waals surface area (Å²) in [5, 5.41) is 8.44. The normalized spacial score (nSPS) is 13.7. The molecule has 2 heterocycles. The number of alkyl halides is 3. The third-order valence-corrected chi connectivity index (χ3v) is 3.68. The molecule has 0 saturated heterocycles. The molecule has 0 fully saturated rings. The smallest absolute Gasteiger partial charge is 0.361 e. The molecule has 8 heteroatoms. The van der Waals surface area contributed by atoms with E-state index in [2.05, 4.69) is 15.5 Å². The lowest BCUT2D eigenvalue weighted by molar-refractivity contribution is -0.140. The van der Waals surface area contributed by atoms with Crippen LogP contribution in [0.15, 0.2) is 16.0 Å². The Bertz CT molecular complexity index is 564. The van der Waals surface area contributed by atoms with Crippen LogP contribution in [0, 0.1) is 6.92 Å². The van der Waals surface area contributed by atoms with Gasteiger partial charge in [-0.2, -0.15) is 13.2 Å². The summed E-state index contributed by atoms with van der Waals surface area (Å²) in [7, 11) is 0. The fraction of sp³-hybridized carbons (Fsp3) is 0.500. The van der Waals surface area contributed by atoms with Crippen molar-refractivity contribution in [3.05, 3.63) is 33.6 Å². The SMILES string of the molecule is CC[C@H](NCc1cc(C)on1)c1nc(C(F)(F)F)cs1. The fourth-order valence-corrected chi connectivity index (χ4v) is 2.70. The van der Waals surface area contributed by atoms with Gasteiger partial charge in [0.1, 0.15) is 10.8 Å². The molecule has 0 unspecified atom stereocenters. The maximum Gasteiger partial charge on any atom is 0.434 e. The molecule has 0 spiro atoms. The zero-order chi connectivity index (χ0) is 14.8. The molecular formula is C12H14F3N3OS. The third kappa shape index (κ3) is 3.57. The predicted molar refractivity (Wildman–Crippen MR) is 68.2 cm³/mol. The number of aromatic nitrogens is 2. The number of hydrogen-bond acceptors (Lipinski definition) is 5. The molecule has 0 aliphatic heterocycles. The maximum atomic E-state index is 12.5. The molecule has 0 amide bonds. The molecule has 110 valence electrons. The molecular weight excluding hydrogens is 291 g/mol. The van der Waals surface area contributed by atoms with E-state index in [1.54, 1.807) is 13.0 Å². The van der Waals surface area contributed by atoms with E-state index in [0.29, 0.717) is 29.4 Å². The number of aryl methyl sites for hydroxylation is 1. The van der Waals surface area contributed by atoms with Gasteiger partial charge in [-0.05, 0) is 13.3 Å². The van der Waals surface area contributed by atoms with E-state index < -0.39 is 11.9 Å². The molecule has 2 rings (SSSR count). The van der Waals surface area contributed by atoms with Crippen LogP contribution in [0.2, 0.25) is 0 Å². The highest BCUT2D eigenvalue weighted by Crippen LogP contribution is 2.32. The second-order valence-electron chi connectivity index (χ2n) is 4.34. The molecule has 0 saturated carbocycles. The largest absolute Gasteiger partial charge is 0.434 e. The Labute approximate surface area is 118 Å². The minimum absolute atomic E-state index is 0.229. The summed E-state index contributed by atoms with van der Waals surface area (Å²) in [5.41, 5.74) is -0.122. The summed E-state index contributed by atoms with van der Waals surface area (Å²) in [6, 6.07) is 1.55. The first-order valence-electron chi connectivity index (χ1n) is 6.08. The van der Waals surface area contributed by atoms with Crippen LogP contribution in [-0.4, -0.2) is 10.1 Å². The lowest BCUT2D eigenvalue weighted by atomic mass is 10.2. The second-order valence-corrected chi connectivity index (χ2v) is 5.23. The van der Waals surface area contributed by atoms with E-state index >= 15 is 0 Å². The first-order valence-corrected chi connectivity index (χ1v) is 6.96. The molecule has 1 atom stereocenters. The standard InChI is InChI=1S/C12H14F3N3OS/c1-3-9(16-5-8-4-7(2)19-18-8)11-17-10(6-20-11)12(13,14)15/h4,6,9,16H,3,5H2,1-2H3/t9-/m0/s1. The minimum Gasteiger partial charge on any atom is -0.361 e. The van der Waals surface area contributed by atoms with Gasteiger partial charge < -0.3 is 9.84 Å². The topological polar surface area (TPSA) is 51.0 Å². The number of halogens is 3. The van der Waals surface area contributed by atoms with Crippen LogP contribution in [-0.2, 0) is 12.7 Å². The first-order chi connectivity index (χ1) is 9.40. The molecule has 4 nitrogen and oxygen atoms in total. The van der Waals surface area contributed by atoms with E-state index in [9.17, 15) is 13.2 Å². The Kier molecular flexibility index (Phi) is 4.44. The predicted octanol–water partition coefficient (Wildman–Crippen LogP) is 3.70. The van der Waals surface area contributed by atoms with Crippen molar-refractivity contribution in [2.75, 3.05) is 0 Å². The number of rotatable bonds is 5. The number of nitrogens with zero attached hydrogens (tertiary/aromatic N) is 2. The Balaban J connectivity index is 2.03. The molecule has 0 radical (unpaired) electrons. The van der Waals surface area contributed by atoms with Gasteiger partial charge in [-0.1, -0.05) is 12.1 Å². The summed E-state index contributed by atoms with van der Waals surface area (Å²) < 4.78 is 42.5. The summed E-state index contributed by atoms with van der Waals surface area (Å²) in [6.45, 7) is 4.10. The number of nitrogens with one attached hydrogen (secondary N) is 1. The zero-order valence-electron chi connectivity index (χ0n) is 11.0. The number of hydrogen-bond donors (Lipinski definition) is 1. The van der Waals surface area contributed by atoms with E-state index in [-0.39, 0.29) is 6.04 Å². The van der Waals surface area contributed by atoms with Crippen LogP contribution in [0.25, 0.3) is 0 Å². The summed E-state index contributed by atoms with van der Waals surface area (Å²) >= 11 is 1.01. The molecule has 0 aromatic carbocycles. The Hall–Kier alpha value is -1.41. The van der Waals surface area contributed by atoms with Gasteiger partial charge in [-0.15, -0.1) is 11.3 Å². The van der Waals surface area contributed by atoms with Gasteiger partial charge in [0.05, 0.1) is 11.7 Å². The van der Waals surface area contributed by atoms with Crippen molar-refractivity contribution >= 4 is 11.3 Å². The van der Waals surface area contributed by atoms with Crippen LogP contribution in [0.1, 0.15) is 41.5 Å². The van der Waals surface area contributed by atoms with Gasteiger partial charge in [-0.25, -0.2) is 4.98 Å². The van der Waals surface area contributed by atoms with Crippen LogP contribution >= 0.6 is 11.3 Å². The van der Waals surface area contributed by atoms with Crippen molar-refractivity contribution in [3.63, 3.8) is 0 Å². The Morgan fingerprint density at radius 3 is 2.70 bits per heavy atom. The van der Waals surface area contributed by atoms with E-state index in [1.165, 1.54) is 0 Å². The summed E-state index contributed by atoms with van der Waals surface area (Å²) in [6.07, 6.45) is -3.75. The highest BCUT2D eigenvalue weighted by Gasteiger charge is 2.34. The van der Waals surface area contributed by atoms with Gasteiger partial charge in [0.25, 0.3) is 0 Å². The van der Waals surface area contributed by atoms with Crippen LogP contribution < -0.4 is 5.32 Å². The molecule has 0 aliphatic rings. The molecule has 2 aromatic rings. The van der Waals surface area contributed by atoms with Crippen molar-refractivity contribution in [1.29, 1.82) is 0 Å². The van der Waals surface area contributed by atoms with E-state index in [1.807, 2.05) is 6.92 Å². The van der Waals surface area contributed by atoms with Crippen molar-refractivity contribution in [1.82, 2.24) is 15.5 Å². The lowest BCUT2D eigenvalue weighted by Gasteiger charge is -2.13. The van der Waals surface area contributed by atoms with E-state index in [0.717, 1.165) is 16.7 Å². The van der Waals surface area contributed by atoms with Gasteiger partial charge in [-0.3, -0.25) is 0 Å². The first kappa shape index (κ1) is 15.0. The average Bonchev–Trinajstić information content (AvgIpc) is 2.99. The molecule has 0 aliphatic carbocycles. The van der Waals surface area contributed by atoms with Gasteiger partial charge in [0.15, 0.2) is 5.69 Å². The third-order valence-electron chi connectivity index (χ3n) is 2.73. The van der Waals surface area contributed by atoms with Crippen LogP contribution in [0.4, 0.5) is 13.2 Å². The number of thiazole rings is 1.